The van der Waals surface area contributed by atoms with Crippen molar-refractivity contribution in [3.63, 3.8) is 0 Å². The van der Waals surface area contributed by atoms with Crippen molar-refractivity contribution in [1.82, 2.24) is 19.7 Å². The first-order chi connectivity index (χ1) is 13.7. The molecule has 6 nitrogen and oxygen atoms in total. The van der Waals surface area contributed by atoms with Crippen LogP contribution >= 0.6 is 11.8 Å². The number of benzene rings is 2. The molecule has 0 atom stereocenters. The van der Waals surface area contributed by atoms with Crippen LogP contribution in [0.15, 0.2) is 65.8 Å². The molecule has 4 aromatic rings. The molecule has 140 valence electrons. The minimum Gasteiger partial charge on any atom is -0.468 e. The predicted molar refractivity (Wildman–Crippen MR) is 110 cm³/mol. The largest absolute Gasteiger partial charge is 0.468 e. The van der Waals surface area contributed by atoms with Crippen molar-refractivity contribution in [1.29, 1.82) is 0 Å². The molecule has 4 rings (SSSR count). The molecule has 28 heavy (non-hydrogen) atoms. The smallest absolute Gasteiger partial charge is 0.316 e. The molecule has 0 radical (unpaired) electrons. The summed E-state index contributed by atoms with van der Waals surface area (Å²) in [4.78, 5) is 16.3. The number of hydrogen-bond donors (Lipinski definition) is 0. The molecule has 0 saturated carbocycles. The Kier molecular flexibility index (Phi) is 5.08. The number of nitrogens with zero attached hydrogens (tertiary/aromatic N) is 4. The molecule has 2 heterocycles. The summed E-state index contributed by atoms with van der Waals surface area (Å²) in [7, 11) is 3.27. The minimum atomic E-state index is -0.296. The highest BCUT2D eigenvalue weighted by Gasteiger charge is 2.17. The maximum atomic E-state index is 11.4. The van der Waals surface area contributed by atoms with E-state index in [0.29, 0.717) is 5.16 Å². The number of thioether (sulfide) groups is 1. The maximum absolute atomic E-state index is 11.4. The molecular weight excluding hydrogens is 372 g/mol. The third kappa shape index (κ3) is 3.48. The average molecular weight is 390 g/mol. The van der Waals surface area contributed by atoms with Crippen LogP contribution in [0.25, 0.3) is 33.5 Å². The molecule has 0 saturated heterocycles. The van der Waals surface area contributed by atoms with E-state index in [9.17, 15) is 4.79 Å². The Labute approximate surface area is 166 Å². The quantitative estimate of drug-likeness (QED) is 0.379. The zero-order valence-corrected chi connectivity index (χ0v) is 16.3. The second kappa shape index (κ2) is 7.82. The Morgan fingerprint density at radius 2 is 1.82 bits per heavy atom. The highest BCUT2D eigenvalue weighted by molar-refractivity contribution is 7.99. The van der Waals surface area contributed by atoms with Crippen LogP contribution in [-0.2, 0) is 16.6 Å². The van der Waals surface area contributed by atoms with Crippen molar-refractivity contribution in [3.8, 4) is 22.6 Å². The van der Waals surface area contributed by atoms with Gasteiger partial charge in [0.1, 0.15) is 0 Å². The van der Waals surface area contributed by atoms with E-state index in [1.165, 1.54) is 18.9 Å². The van der Waals surface area contributed by atoms with Crippen LogP contribution in [0.2, 0.25) is 0 Å². The zero-order chi connectivity index (χ0) is 19.5. The summed E-state index contributed by atoms with van der Waals surface area (Å²) in [5.41, 5.74) is 3.76. The van der Waals surface area contributed by atoms with Gasteiger partial charge in [-0.25, -0.2) is 4.98 Å². The van der Waals surface area contributed by atoms with Crippen LogP contribution in [-0.4, -0.2) is 38.6 Å². The summed E-state index contributed by atoms with van der Waals surface area (Å²) in [6.45, 7) is 0. The van der Waals surface area contributed by atoms with Crippen molar-refractivity contribution in [2.45, 2.75) is 5.16 Å². The van der Waals surface area contributed by atoms with Crippen LogP contribution in [0.5, 0.6) is 0 Å². The number of aromatic nitrogens is 4. The summed E-state index contributed by atoms with van der Waals surface area (Å²) in [6.07, 6.45) is 0. The van der Waals surface area contributed by atoms with Gasteiger partial charge in [0.15, 0.2) is 11.0 Å². The van der Waals surface area contributed by atoms with E-state index < -0.39 is 0 Å². The van der Waals surface area contributed by atoms with Crippen LogP contribution in [0.1, 0.15) is 0 Å². The maximum Gasteiger partial charge on any atom is 0.316 e. The van der Waals surface area contributed by atoms with Gasteiger partial charge in [0.2, 0.25) is 0 Å². The SMILES string of the molecule is COC(=O)CSc1nnc(-c2cc(-c3ccccc3)nc3ccccc23)n1C. The molecule has 0 spiro atoms. The van der Waals surface area contributed by atoms with Crippen molar-refractivity contribution < 1.29 is 9.53 Å². The van der Waals surface area contributed by atoms with E-state index in [1.807, 2.05) is 72.3 Å². The lowest BCUT2D eigenvalue weighted by molar-refractivity contribution is -0.137. The number of methoxy groups -OCH3 is 1. The Morgan fingerprint density at radius 3 is 2.61 bits per heavy atom. The normalized spacial score (nSPS) is 10.9. The predicted octanol–water partition coefficient (Wildman–Crippen LogP) is 3.96. The molecule has 0 aliphatic rings. The van der Waals surface area contributed by atoms with Crippen LogP contribution < -0.4 is 0 Å². The molecule has 0 aliphatic heterocycles. The summed E-state index contributed by atoms with van der Waals surface area (Å²) < 4.78 is 6.59. The lowest BCUT2D eigenvalue weighted by Crippen LogP contribution is -2.04. The van der Waals surface area contributed by atoms with Gasteiger partial charge in [0.25, 0.3) is 0 Å². The molecule has 0 N–H and O–H groups in total. The standard InChI is InChI=1S/C21H18N4O2S/c1-25-20(23-24-21(25)28-13-19(26)27-2)16-12-18(14-8-4-3-5-9-14)22-17-11-7-6-10-15(16)17/h3-12H,13H2,1-2H3. The van der Waals surface area contributed by atoms with Crippen LogP contribution in [0.3, 0.4) is 0 Å². The monoisotopic (exact) mass is 390 g/mol. The number of rotatable bonds is 5. The van der Waals surface area contributed by atoms with Gasteiger partial charge in [-0.05, 0) is 12.1 Å². The molecular formula is C21H18N4O2S. The van der Waals surface area contributed by atoms with Gasteiger partial charge in [-0.15, -0.1) is 10.2 Å². The van der Waals surface area contributed by atoms with E-state index in [-0.39, 0.29) is 11.7 Å². The number of ether oxygens (including phenoxy) is 1. The third-order valence-electron chi connectivity index (χ3n) is 4.41. The number of para-hydroxylation sites is 1. The minimum absolute atomic E-state index is 0.189. The van der Waals surface area contributed by atoms with Crippen molar-refractivity contribution >= 4 is 28.6 Å². The molecule has 0 fully saturated rings. The summed E-state index contributed by atoms with van der Waals surface area (Å²) >= 11 is 1.30. The lowest BCUT2D eigenvalue weighted by Gasteiger charge is -2.10. The third-order valence-corrected chi connectivity index (χ3v) is 5.40. The molecule has 2 aromatic carbocycles. The fourth-order valence-electron chi connectivity index (χ4n) is 2.97. The summed E-state index contributed by atoms with van der Waals surface area (Å²) in [5.74, 6) is 0.618. The first kappa shape index (κ1) is 18.2. The average Bonchev–Trinajstić information content (AvgIpc) is 3.12. The molecule has 0 amide bonds. The Bertz CT molecular complexity index is 1140. The molecule has 2 aromatic heterocycles. The fraction of sp³-hybridized carbons (Fsp3) is 0.143. The van der Waals surface area contributed by atoms with Gasteiger partial charge in [0, 0.05) is 23.6 Å². The number of pyridine rings is 1. The number of carbonyl (C=O) groups is 1. The first-order valence-corrected chi connectivity index (χ1v) is 9.70. The second-order valence-corrected chi connectivity index (χ2v) is 7.11. The van der Waals surface area contributed by atoms with Gasteiger partial charge in [-0.1, -0.05) is 60.3 Å². The highest BCUT2D eigenvalue weighted by atomic mass is 32.2. The topological polar surface area (TPSA) is 69.9 Å². The Morgan fingerprint density at radius 1 is 1.07 bits per heavy atom. The number of esters is 1. The number of carbonyl (C=O) groups excluding carboxylic acids is 1. The summed E-state index contributed by atoms with van der Waals surface area (Å²) in [5, 5.41) is 10.3. The first-order valence-electron chi connectivity index (χ1n) is 8.72. The van der Waals surface area contributed by atoms with Crippen molar-refractivity contribution in [2.75, 3.05) is 12.9 Å². The lowest BCUT2D eigenvalue weighted by atomic mass is 10.0. The van der Waals surface area contributed by atoms with Gasteiger partial charge >= 0.3 is 5.97 Å². The van der Waals surface area contributed by atoms with Gasteiger partial charge in [-0.2, -0.15) is 0 Å². The molecule has 7 heteroatoms. The van der Waals surface area contributed by atoms with Crippen LogP contribution in [0.4, 0.5) is 0 Å². The van der Waals surface area contributed by atoms with Gasteiger partial charge < -0.3 is 9.30 Å². The van der Waals surface area contributed by atoms with Gasteiger partial charge in [0.05, 0.1) is 24.1 Å². The zero-order valence-electron chi connectivity index (χ0n) is 15.5. The number of hydrogen-bond acceptors (Lipinski definition) is 6. The van der Waals surface area contributed by atoms with E-state index in [4.69, 9.17) is 9.72 Å². The Hall–Kier alpha value is -3.19. The van der Waals surface area contributed by atoms with E-state index >= 15 is 0 Å². The van der Waals surface area contributed by atoms with E-state index in [0.717, 1.165) is 33.5 Å². The van der Waals surface area contributed by atoms with E-state index in [1.54, 1.807) is 0 Å². The molecule has 0 bridgehead atoms. The summed E-state index contributed by atoms with van der Waals surface area (Å²) in [6, 6.07) is 20.1. The van der Waals surface area contributed by atoms with Gasteiger partial charge in [-0.3, -0.25) is 4.79 Å². The molecule has 0 unspecified atom stereocenters. The highest BCUT2D eigenvalue weighted by Crippen LogP contribution is 2.32. The number of fused-ring (bicyclic) bond motifs is 1. The van der Waals surface area contributed by atoms with Crippen molar-refractivity contribution in [3.05, 3.63) is 60.7 Å². The van der Waals surface area contributed by atoms with Crippen molar-refractivity contribution in [2.24, 2.45) is 7.05 Å². The fourth-order valence-corrected chi connectivity index (χ4v) is 3.72. The van der Waals surface area contributed by atoms with Crippen LogP contribution in [0, 0.1) is 0 Å². The Balaban J connectivity index is 1.82. The van der Waals surface area contributed by atoms with E-state index in [2.05, 4.69) is 10.2 Å². The second-order valence-electron chi connectivity index (χ2n) is 6.17. The molecule has 0 aliphatic carbocycles.